The van der Waals surface area contributed by atoms with Crippen LogP contribution in [0.2, 0.25) is 0 Å². The van der Waals surface area contributed by atoms with Crippen molar-refractivity contribution in [1.29, 1.82) is 0 Å². The molecule has 2 N–H and O–H groups in total. The van der Waals surface area contributed by atoms with E-state index in [9.17, 15) is 0 Å². The Labute approximate surface area is 90.2 Å². The van der Waals surface area contributed by atoms with Gasteiger partial charge >= 0.3 is 0 Å². The van der Waals surface area contributed by atoms with Crippen LogP contribution in [0.1, 0.15) is 25.7 Å². The van der Waals surface area contributed by atoms with Crippen molar-refractivity contribution in [3.8, 4) is 0 Å². The maximum atomic E-state index is 5.66. The first-order valence-corrected chi connectivity index (χ1v) is 5.15. The molecule has 0 unspecified atom stereocenters. The Balaban J connectivity index is 2.04. The average Bonchev–Trinajstić information content (AvgIpc) is 2.20. The highest BCUT2D eigenvalue weighted by Gasteiger charge is 2.28. The van der Waals surface area contributed by atoms with Crippen molar-refractivity contribution in [2.75, 3.05) is 18.9 Å². The molecule has 0 spiro atoms. The molecule has 0 saturated carbocycles. The second kappa shape index (κ2) is 3.83. The molecule has 0 aromatic heterocycles. The predicted molar refractivity (Wildman–Crippen MR) is 59.3 cm³/mol. The van der Waals surface area contributed by atoms with E-state index in [1.165, 1.54) is 0 Å². The van der Waals surface area contributed by atoms with Crippen LogP contribution in [0.5, 0.6) is 0 Å². The lowest BCUT2D eigenvalue weighted by Crippen LogP contribution is -2.33. The van der Waals surface area contributed by atoms with E-state index < -0.39 is 0 Å². The first kappa shape index (κ1) is 10.5. The van der Waals surface area contributed by atoms with E-state index in [4.69, 9.17) is 15.2 Å². The van der Waals surface area contributed by atoms with Crippen molar-refractivity contribution in [3.05, 3.63) is 29.8 Å². The molecule has 1 aromatic rings. The van der Waals surface area contributed by atoms with Gasteiger partial charge < -0.3 is 15.2 Å². The van der Waals surface area contributed by atoms with E-state index in [1.807, 2.05) is 24.3 Å². The van der Waals surface area contributed by atoms with E-state index >= 15 is 0 Å². The molecule has 1 saturated heterocycles. The molecule has 0 amide bonds. The summed E-state index contributed by atoms with van der Waals surface area (Å²) in [5.41, 5.74) is 7.52. The standard InChI is InChI=1S/C12H17NO2/c1-12(2)7-14-11(15-8-12)9-3-5-10(13)6-4-9/h3-6,11H,7-8,13H2,1-2H3. The van der Waals surface area contributed by atoms with Gasteiger partial charge in [0.25, 0.3) is 0 Å². The van der Waals surface area contributed by atoms with Crippen molar-refractivity contribution < 1.29 is 9.47 Å². The smallest absolute Gasteiger partial charge is 0.183 e. The molecule has 0 atom stereocenters. The molecule has 1 aliphatic heterocycles. The van der Waals surface area contributed by atoms with Crippen molar-refractivity contribution in [2.24, 2.45) is 5.41 Å². The van der Waals surface area contributed by atoms with Gasteiger partial charge in [-0.1, -0.05) is 26.0 Å². The van der Waals surface area contributed by atoms with Crippen LogP contribution in [0, 0.1) is 5.41 Å². The molecule has 1 aliphatic rings. The molecule has 1 heterocycles. The zero-order valence-electron chi connectivity index (χ0n) is 9.19. The minimum absolute atomic E-state index is 0.115. The lowest BCUT2D eigenvalue weighted by atomic mass is 9.95. The third kappa shape index (κ3) is 2.49. The minimum Gasteiger partial charge on any atom is -0.399 e. The summed E-state index contributed by atoms with van der Waals surface area (Å²) in [6.07, 6.45) is -0.237. The van der Waals surface area contributed by atoms with E-state index in [1.54, 1.807) is 0 Å². The van der Waals surface area contributed by atoms with E-state index in [-0.39, 0.29) is 11.7 Å². The molecule has 15 heavy (non-hydrogen) atoms. The molecular weight excluding hydrogens is 190 g/mol. The van der Waals surface area contributed by atoms with Crippen molar-refractivity contribution >= 4 is 5.69 Å². The number of hydrogen-bond donors (Lipinski definition) is 1. The van der Waals surface area contributed by atoms with Gasteiger partial charge in [0, 0.05) is 16.7 Å². The Hall–Kier alpha value is -1.06. The third-order valence-electron chi connectivity index (χ3n) is 2.46. The highest BCUT2D eigenvalue weighted by Crippen LogP contribution is 2.31. The lowest BCUT2D eigenvalue weighted by Gasteiger charge is -2.34. The summed E-state index contributed by atoms with van der Waals surface area (Å²) < 4.78 is 11.3. The SMILES string of the molecule is CC1(C)COC(c2ccc(N)cc2)OC1. The molecule has 2 rings (SSSR count). The molecule has 1 fully saturated rings. The largest absolute Gasteiger partial charge is 0.399 e. The molecule has 1 aromatic carbocycles. The normalized spacial score (nSPS) is 21.5. The van der Waals surface area contributed by atoms with Gasteiger partial charge in [-0.05, 0) is 12.1 Å². The summed E-state index contributed by atoms with van der Waals surface area (Å²) in [6.45, 7) is 5.71. The number of benzene rings is 1. The van der Waals surface area contributed by atoms with Gasteiger partial charge in [0.05, 0.1) is 13.2 Å². The Morgan fingerprint density at radius 1 is 1.13 bits per heavy atom. The molecule has 0 aliphatic carbocycles. The van der Waals surface area contributed by atoms with Gasteiger partial charge in [-0.3, -0.25) is 0 Å². The van der Waals surface area contributed by atoms with Crippen LogP contribution in [-0.2, 0) is 9.47 Å². The van der Waals surface area contributed by atoms with Crippen molar-refractivity contribution in [2.45, 2.75) is 20.1 Å². The zero-order chi connectivity index (χ0) is 10.9. The van der Waals surface area contributed by atoms with E-state index in [0.717, 1.165) is 24.5 Å². The molecule has 82 valence electrons. The number of nitrogen functional groups attached to an aromatic ring is 1. The van der Waals surface area contributed by atoms with Gasteiger partial charge in [0.2, 0.25) is 0 Å². The zero-order valence-corrected chi connectivity index (χ0v) is 9.19. The summed E-state index contributed by atoms with van der Waals surface area (Å²) in [5.74, 6) is 0. The van der Waals surface area contributed by atoms with Crippen LogP contribution in [0.15, 0.2) is 24.3 Å². The first-order chi connectivity index (χ1) is 7.07. The molecule has 0 bridgehead atoms. The Bertz CT molecular complexity index is 322. The van der Waals surface area contributed by atoms with Gasteiger partial charge in [-0.15, -0.1) is 0 Å². The fourth-order valence-electron chi connectivity index (χ4n) is 1.54. The fourth-order valence-corrected chi connectivity index (χ4v) is 1.54. The van der Waals surface area contributed by atoms with E-state index in [0.29, 0.717) is 0 Å². The molecule has 3 nitrogen and oxygen atoms in total. The predicted octanol–water partition coefficient (Wildman–Crippen LogP) is 2.34. The topological polar surface area (TPSA) is 44.5 Å². The maximum absolute atomic E-state index is 5.66. The van der Waals surface area contributed by atoms with Crippen molar-refractivity contribution in [1.82, 2.24) is 0 Å². The fraction of sp³-hybridized carbons (Fsp3) is 0.500. The van der Waals surface area contributed by atoms with Gasteiger partial charge in [0.1, 0.15) is 0 Å². The molecule has 3 heteroatoms. The van der Waals surface area contributed by atoms with Crippen LogP contribution in [-0.4, -0.2) is 13.2 Å². The van der Waals surface area contributed by atoms with Crippen LogP contribution >= 0.6 is 0 Å². The number of anilines is 1. The van der Waals surface area contributed by atoms with Gasteiger partial charge in [0.15, 0.2) is 6.29 Å². The first-order valence-electron chi connectivity index (χ1n) is 5.15. The quantitative estimate of drug-likeness (QED) is 0.719. The number of ether oxygens (including phenoxy) is 2. The summed E-state index contributed by atoms with van der Waals surface area (Å²) in [4.78, 5) is 0. The monoisotopic (exact) mass is 207 g/mol. The molecular formula is C12H17NO2. The van der Waals surface area contributed by atoms with Gasteiger partial charge in [-0.2, -0.15) is 0 Å². The van der Waals surface area contributed by atoms with Crippen molar-refractivity contribution in [3.63, 3.8) is 0 Å². The Kier molecular flexibility index (Phi) is 2.67. The van der Waals surface area contributed by atoms with Crippen LogP contribution < -0.4 is 5.73 Å². The average molecular weight is 207 g/mol. The highest BCUT2D eigenvalue weighted by molar-refractivity contribution is 5.39. The lowest BCUT2D eigenvalue weighted by molar-refractivity contribution is -0.226. The second-order valence-electron chi connectivity index (χ2n) is 4.78. The number of nitrogens with two attached hydrogens (primary N) is 1. The van der Waals surface area contributed by atoms with E-state index in [2.05, 4.69) is 13.8 Å². The van der Waals surface area contributed by atoms with Crippen LogP contribution in [0.4, 0.5) is 5.69 Å². The van der Waals surface area contributed by atoms with Crippen LogP contribution in [0.3, 0.4) is 0 Å². The summed E-state index contributed by atoms with van der Waals surface area (Å²) in [6, 6.07) is 7.61. The van der Waals surface area contributed by atoms with Gasteiger partial charge in [-0.25, -0.2) is 0 Å². The summed E-state index contributed by atoms with van der Waals surface area (Å²) in [7, 11) is 0. The third-order valence-corrected chi connectivity index (χ3v) is 2.46. The summed E-state index contributed by atoms with van der Waals surface area (Å²) in [5, 5.41) is 0. The number of hydrogen-bond acceptors (Lipinski definition) is 3. The second-order valence-corrected chi connectivity index (χ2v) is 4.78. The maximum Gasteiger partial charge on any atom is 0.183 e. The van der Waals surface area contributed by atoms with Crippen LogP contribution in [0.25, 0.3) is 0 Å². The minimum atomic E-state index is -0.237. The molecule has 0 radical (unpaired) electrons. The summed E-state index contributed by atoms with van der Waals surface area (Å²) >= 11 is 0. The Morgan fingerprint density at radius 3 is 2.20 bits per heavy atom. The number of rotatable bonds is 1. The highest BCUT2D eigenvalue weighted by atomic mass is 16.7. The Morgan fingerprint density at radius 2 is 1.67 bits per heavy atom.